The zero-order chi connectivity index (χ0) is 12.8. The van der Waals surface area contributed by atoms with Crippen LogP contribution < -0.4 is 5.73 Å². The van der Waals surface area contributed by atoms with Gasteiger partial charge in [-0.2, -0.15) is 0 Å². The molecule has 0 aliphatic heterocycles. The van der Waals surface area contributed by atoms with Crippen molar-refractivity contribution < 1.29 is 9.53 Å². The number of hydrogen-bond acceptors (Lipinski definition) is 4. The largest absolute Gasteiger partial charge is 0.469 e. The van der Waals surface area contributed by atoms with Crippen molar-refractivity contribution in [1.29, 1.82) is 0 Å². The number of rotatable bonds is 6. The summed E-state index contributed by atoms with van der Waals surface area (Å²) in [5.74, 6) is -0.266. The third kappa shape index (κ3) is 3.30. The Balaban J connectivity index is 2.93. The second-order valence-electron chi connectivity index (χ2n) is 4.06. The summed E-state index contributed by atoms with van der Waals surface area (Å²) in [6.45, 7) is 4.88. The lowest BCUT2D eigenvalue weighted by Gasteiger charge is -2.22. The highest BCUT2D eigenvalue weighted by molar-refractivity contribution is 5.70. The molecule has 0 aromatic carbocycles. The maximum atomic E-state index is 11.4. The monoisotopic (exact) mass is 239 g/mol. The van der Waals surface area contributed by atoms with Crippen molar-refractivity contribution in [1.82, 2.24) is 9.55 Å². The van der Waals surface area contributed by atoms with Crippen LogP contribution in [0.15, 0.2) is 12.5 Å². The molecule has 2 unspecified atom stereocenters. The van der Waals surface area contributed by atoms with Gasteiger partial charge >= 0.3 is 5.97 Å². The molecule has 2 atom stereocenters. The highest BCUT2D eigenvalue weighted by Gasteiger charge is 2.25. The Morgan fingerprint density at radius 2 is 2.29 bits per heavy atom. The van der Waals surface area contributed by atoms with Crippen molar-refractivity contribution in [2.24, 2.45) is 5.73 Å². The molecular weight excluding hydrogens is 218 g/mol. The lowest BCUT2D eigenvalue weighted by Crippen LogP contribution is -2.31. The van der Waals surface area contributed by atoms with Gasteiger partial charge in [0.1, 0.15) is 0 Å². The Bertz CT molecular complexity index is 362. The summed E-state index contributed by atoms with van der Waals surface area (Å²) in [5.41, 5.74) is 7.09. The van der Waals surface area contributed by atoms with Crippen LogP contribution in [0.2, 0.25) is 0 Å². The van der Waals surface area contributed by atoms with Crippen molar-refractivity contribution in [3.8, 4) is 0 Å². The first kappa shape index (κ1) is 13.7. The van der Waals surface area contributed by atoms with Crippen LogP contribution in [-0.2, 0) is 16.1 Å². The molecule has 0 aliphatic rings. The summed E-state index contributed by atoms with van der Waals surface area (Å²) in [6.07, 6.45) is 4.67. The molecule has 96 valence electrons. The van der Waals surface area contributed by atoms with Crippen LogP contribution >= 0.6 is 0 Å². The van der Waals surface area contributed by atoms with Crippen LogP contribution in [0.3, 0.4) is 0 Å². The van der Waals surface area contributed by atoms with E-state index in [1.165, 1.54) is 7.11 Å². The quantitative estimate of drug-likeness (QED) is 0.759. The molecule has 5 nitrogen and oxygen atoms in total. The van der Waals surface area contributed by atoms with Crippen LogP contribution in [0, 0.1) is 0 Å². The van der Waals surface area contributed by atoms with Crippen LogP contribution in [-0.4, -0.2) is 28.7 Å². The predicted molar refractivity (Wildman–Crippen MR) is 65.5 cm³/mol. The average Bonchev–Trinajstić information content (AvgIpc) is 2.82. The molecule has 0 fully saturated rings. The normalized spacial score (nSPS) is 14.4. The number of aromatic nitrogens is 2. The molecule has 0 saturated heterocycles. The summed E-state index contributed by atoms with van der Waals surface area (Å²) in [4.78, 5) is 15.5. The molecule has 1 rings (SSSR count). The summed E-state index contributed by atoms with van der Waals surface area (Å²) in [6, 6.07) is -0.0592. The number of imidazole rings is 1. The third-order valence-electron chi connectivity index (χ3n) is 3.07. The average molecular weight is 239 g/mol. The first-order chi connectivity index (χ1) is 8.13. The van der Waals surface area contributed by atoms with Crippen molar-refractivity contribution in [3.63, 3.8) is 0 Å². The molecule has 0 bridgehead atoms. The van der Waals surface area contributed by atoms with Crippen LogP contribution in [0.5, 0.6) is 0 Å². The lowest BCUT2D eigenvalue weighted by atomic mass is 9.91. The molecular formula is C12H21N3O2. The highest BCUT2D eigenvalue weighted by Crippen LogP contribution is 2.24. The van der Waals surface area contributed by atoms with Gasteiger partial charge in [-0.15, -0.1) is 0 Å². The first-order valence-electron chi connectivity index (χ1n) is 5.96. The Labute approximate surface area is 102 Å². The number of aryl methyl sites for hydroxylation is 1. The summed E-state index contributed by atoms with van der Waals surface area (Å²) >= 11 is 0. The molecule has 2 N–H and O–H groups in total. The standard InChI is InChI=1S/C12H21N3O2/c1-4-10(13)9(6-12(16)17-3)11-7-14-8-15(11)5-2/h7-10H,4-6,13H2,1-3H3. The van der Waals surface area contributed by atoms with E-state index in [0.29, 0.717) is 6.42 Å². The Morgan fingerprint density at radius 1 is 1.59 bits per heavy atom. The fourth-order valence-corrected chi connectivity index (χ4v) is 1.93. The van der Waals surface area contributed by atoms with Gasteiger partial charge in [-0.05, 0) is 13.3 Å². The van der Waals surface area contributed by atoms with E-state index in [1.807, 2.05) is 18.4 Å². The minimum atomic E-state index is -0.234. The van der Waals surface area contributed by atoms with Crippen molar-refractivity contribution in [2.45, 2.75) is 45.2 Å². The van der Waals surface area contributed by atoms with E-state index in [-0.39, 0.29) is 17.9 Å². The van der Waals surface area contributed by atoms with Crippen molar-refractivity contribution in [3.05, 3.63) is 18.2 Å². The Morgan fingerprint density at radius 3 is 2.82 bits per heavy atom. The van der Waals surface area contributed by atoms with Crippen LogP contribution in [0.1, 0.15) is 38.3 Å². The van der Waals surface area contributed by atoms with Gasteiger partial charge in [0.15, 0.2) is 0 Å². The van der Waals surface area contributed by atoms with Crippen LogP contribution in [0.25, 0.3) is 0 Å². The van der Waals surface area contributed by atoms with E-state index < -0.39 is 0 Å². The zero-order valence-corrected chi connectivity index (χ0v) is 10.7. The summed E-state index contributed by atoms with van der Waals surface area (Å²) in [7, 11) is 1.40. The minimum absolute atomic E-state index is 0.0325. The van der Waals surface area contributed by atoms with E-state index in [9.17, 15) is 4.79 Å². The van der Waals surface area contributed by atoms with Crippen LogP contribution in [0.4, 0.5) is 0 Å². The number of nitrogens with zero attached hydrogens (tertiary/aromatic N) is 2. The molecule has 0 saturated carbocycles. The van der Waals surface area contributed by atoms with Gasteiger partial charge in [0.2, 0.25) is 0 Å². The van der Waals surface area contributed by atoms with Gasteiger partial charge in [0.05, 0.1) is 19.9 Å². The van der Waals surface area contributed by atoms with Gasteiger partial charge in [-0.25, -0.2) is 4.98 Å². The molecule has 0 spiro atoms. The van der Waals surface area contributed by atoms with Gasteiger partial charge in [-0.1, -0.05) is 6.92 Å². The van der Waals surface area contributed by atoms with E-state index in [4.69, 9.17) is 10.5 Å². The van der Waals surface area contributed by atoms with E-state index >= 15 is 0 Å². The SMILES string of the molecule is CCC(N)C(CC(=O)OC)c1cncn1CC. The third-order valence-corrected chi connectivity index (χ3v) is 3.07. The molecule has 0 aliphatic carbocycles. The molecule has 5 heteroatoms. The van der Waals surface area contributed by atoms with E-state index in [2.05, 4.69) is 4.98 Å². The summed E-state index contributed by atoms with van der Waals surface area (Å²) < 4.78 is 6.74. The lowest BCUT2D eigenvalue weighted by molar-refractivity contribution is -0.141. The molecule has 0 radical (unpaired) electrons. The number of hydrogen-bond donors (Lipinski definition) is 1. The van der Waals surface area contributed by atoms with Gasteiger partial charge in [0, 0.05) is 30.4 Å². The number of carbonyl (C=O) groups is 1. The van der Waals surface area contributed by atoms with Crippen molar-refractivity contribution >= 4 is 5.97 Å². The maximum Gasteiger partial charge on any atom is 0.306 e. The van der Waals surface area contributed by atoms with E-state index in [1.54, 1.807) is 12.5 Å². The molecule has 0 amide bonds. The Kier molecular flexibility index (Phi) is 5.15. The Hall–Kier alpha value is -1.36. The van der Waals surface area contributed by atoms with Crippen molar-refractivity contribution in [2.75, 3.05) is 7.11 Å². The maximum absolute atomic E-state index is 11.4. The number of nitrogens with two attached hydrogens (primary N) is 1. The van der Waals surface area contributed by atoms with Gasteiger partial charge in [-0.3, -0.25) is 4.79 Å². The number of esters is 1. The fraction of sp³-hybridized carbons (Fsp3) is 0.667. The second kappa shape index (κ2) is 6.39. The minimum Gasteiger partial charge on any atom is -0.469 e. The predicted octanol–water partition coefficient (Wildman–Crippen LogP) is 1.29. The molecule has 1 heterocycles. The summed E-state index contributed by atoms with van der Waals surface area (Å²) in [5, 5.41) is 0. The first-order valence-corrected chi connectivity index (χ1v) is 5.96. The molecule has 1 aromatic heterocycles. The van der Waals surface area contributed by atoms with E-state index in [0.717, 1.165) is 18.7 Å². The zero-order valence-electron chi connectivity index (χ0n) is 10.7. The smallest absolute Gasteiger partial charge is 0.306 e. The molecule has 17 heavy (non-hydrogen) atoms. The number of ether oxygens (including phenoxy) is 1. The van der Waals surface area contributed by atoms with Gasteiger partial charge in [0.25, 0.3) is 0 Å². The highest BCUT2D eigenvalue weighted by atomic mass is 16.5. The second-order valence-corrected chi connectivity index (χ2v) is 4.06. The fourth-order valence-electron chi connectivity index (χ4n) is 1.93. The number of methoxy groups -OCH3 is 1. The molecule has 1 aromatic rings. The number of carbonyl (C=O) groups excluding carboxylic acids is 1. The van der Waals surface area contributed by atoms with Gasteiger partial charge < -0.3 is 15.0 Å². The topological polar surface area (TPSA) is 70.1 Å².